The minimum Gasteiger partial charge on any atom is -0.506 e. The Bertz CT molecular complexity index is 1890. The maximum Gasteiger partial charge on any atom is 0.351 e. The van der Waals surface area contributed by atoms with E-state index in [1.807, 2.05) is 0 Å². The Morgan fingerprint density at radius 3 is 1.80 bits per heavy atom. The largest absolute Gasteiger partial charge is 0.506 e. The first-order valence-electron chi connectivity index (χ1n) is 11.3. The van der Waals surface area contributed by atoms with E-state index in [-0.39, 0.29) is 32.9 Å². The molecule has 0 aliphatic rings. The van der Waals surface area contributed by atoms with Gasteiger partial charge in [-0.25, -0.2) is 28.3 Å². The molecule has 0 aliphatic carbocycles. The lowest BCUT2D eigenvalue weighted by Gasteiger charge is -1.99. The van der Waals surface area contributed by atoms with E-state index in [0.717, 1.165) is 22.7 Å². The number of aromatic nitrogens is 4. The van der Waals surface area contributed by atoms with E-state index in [9.17, 15) is 28.6 Å². The molecule has 0 unspecified atom stereocenters. The van der Waals surface area contributed by atoms with E-state index in [1.165, 1.54) is 63.3 Å². The van der Waals surface area contributed by atoms with Crippen molar-refractivity contribution in [3.63, 3.8) is 0 Å². The highest BCUT2D eigenvalue weighted by atomic mass is 32.1. The molecule has 4 heterocycles. The van der Waals surface area contributed by atoms with Gasteiger partial charge in [0.15, 0.2) is 9.75 Å². The summed E-state index contributed by atoms with van der Waals surface area (Å²) >= 11 is 2.12. The Kier molecular flexibility index (Phi) is 7.19. The zero-order valence-corrected chi connectivity index (χ0v) is 22.3. The summed E-state index contributed by atoms with van der Waals surface area (Å²) in [7, 11) is 2.49. The number of halogens is 2. The average Bonchev–Trinajstić information content (AvgIpc) is 3.72. The molecule has 0 spiro atoms. The quantitative estimate of drug-likeness (QED) is 0.262. The van der Waals surface area contributed by atoms with Crippen molar-refractivity contribution in [2.24, 2.45) is 0 Å². The summed E-state index contributed by atoms with van der Waals surface area (Å²) in [5.74, 6) is -2.29. The number of carbonyl (C=O) groups is 2. The Hall–Kier alpha value is -4.82. The fourth-order valence-corrected chi connectivity index (χ4v) is 5.68. The van der Waals surface area contributed by atoms with Crippen molar-refractivity contribution in [2.45, 2.75) is 0 Å². The van der Waals surface area contributed by atoms with Crippen LogP contribution in [0.1, 0.15) is 19.3 Å². The lowest BCUT2D eigenvalue weighted by molar-refractivity contribution is 0.0594. The molecule has 6 rings (SSSR count). The van der Waals surface area contributed by atoms with Gasteiger partial charge in [-0.3, -0.25) is 9.13 Å². The molecule has 0 aliphatic heterocycles. The molecule has 2 N–H and O–H groups in total. The van der Waals surface area contributed by atoms with Crippen LogP contribution in [0.2, 0.25) is 0 Å². The molecule has 204 valence electrons. The van der Waals surface area contributed by atoms with Crippen molar-refractivity contribution in [1.29, 1.82) is 0 Å². The van der Waals surface area contributed by atoms with Gasteiger partial charge in [-0.1, -0.05) is 0 Å². The van der Waals surface area contributed by atoms with Crippen LogP contribution in [-0.2, 0) is 9.47 Å². The van der Waals surface area contributed by atoms with Crippen molar-refractivity contribution in [1.82, 2.24) is 19.1 Å². The van der Waals surface area contributed by atoms with Gasteiger partial charge in [-0.05, 0) is 24.3 Å². The van der Waals surface area contributed by atoms with Crippen molar-refractivity contribution in [2.75, 3.05) is 14.2 Å². The molecular formula is C26H18F2N4O6S2. The van der Waals surface area contributed by atoms with Crippen molar-refractivity contribution >= 4 is 56.7 Å². The normalized spacial score (nSPS) is 10.9. The van der Waals surface area contributed by atoms with E-state index in [1.54, 1.807) is 21.3 Å². The van der Waals surface area contributed by atoms with E-state index in [4.69, 9.17) is 0 Å². The zero-order valence-electron chi connectivity index (χ0n) is 20.7. The van der Waals surface area contributed by atoms with Crippen molar-refractivity contribution in [3.05, 3.63) is 82.6 Å². The lowest BCUT2D eigenvalue weighted by Crippen LogP contribution is -1.97. The van der Waals surface area contributed by atoms with Crippen molar-refractivity contribution < 1.29 is 38.1 Å². The third kappa shape index (κ3) is 4.97. The number of fused-ring (bicyclic) bond motifs is 2. The number of rotatable bonds is 4. The van der Waals surface area contributed by atoms with E-state index in [2.05, 4.69) is 19.4 Å². The van der Waals surface area contributed by atoms with Gasteiger partial charge in [0.2, 0.25) is 0 Å². The zero-order chi connectivity index (χ0) is 28.6. The highest BCUT2D eigenvalue weighted by Crippen LogP contribution is 2.34. The minimum absolute atomic E-state index is 0.0979. The molecule has 0 fully saturated rings. The number of ether oxygens (including phenoxy) is 2. The summed E-state index contributed by atoms with van der Waals surface area (Å²) in [4.78, 5) is 31.4. The van der Waals surface area contributed by atoms with Crippen molar-refractivity contribution in [3.8, 4) is 21.5 Å². The van der Waals surface area contributed by atoms with Gasteiger partial charge in [0.25, 0.3) is 0 Å². The fourth-order valence-electron chi connectivity index (χ4n) is 3.77. The summed E-state index contributed by atoms with van der Waals surface area (Å²) in [6.45, 7) is 0. The smallest absolute Gasteiger partial charge is 0.351 e. The second-order valence-corrected chi connectivity index (χ2v) is 10.1. The van der Waals surface area contributed by atoms with Gasteiger partial charge >= 0.3 is 11.9 Å². The highest BCUT2D eigenvalue weighted by molar-refractivity contribution is 7.17. The van der Waals surface area contributed by atoms with Crippen LogP contribution in [-0.4, -0.2) is 55.5 Å². The third-order valence-corrected chi connectivity index (χ3v) is 7.84. The van der Waals surface area contributed by atoms with Crippen LogP contribution < -0.4 is 0 Å². The molecule has 2 aromatic carbocycles. The number of benzene rings is 2. The molecule has 0 saturated heterocycles. The van der Waals surface area contributed by atoms with Gasteiger partial charge in [0.05, 0.1) is 36.3 Å². The monoisotopic (exact) mass is 584 g/mol. The van der Waals surface area contributed by atoms with Crippen LogP contribution in [0.4, 0.5) is 8.78 Å². The van der Waals surface area contributed by atoms with Crippen LogP contribution in [0.15, 0.2) is 61.2 Å². The number of imidazole rings is 2. The Morgan fingerprint density at radius 2 is 1.23 bits per heavy atom. The molecule has 0 amide bonds. The van der Waals surface area contributed by atoms with Gasteiger partial charge in [0.1, 0.15) is 45.8 Å². The molecule has 6 aromatic rings. The number of hydrogen-bond donors (Lipinski definition) is 2. The van der Waals surface area contributed by atoms with Crippen LogP contribution >= 0.6 is 22.7 Å². The van der Waals surface area contributed by atoms with Gasteiger partial charge in [-0.2, -0.15) is 0 Å². The average molecular weight is 585 g/mol. The number of methoxy groups -OCH3 is 2. The number of aromatic hydroxyl groups is 2. The second kappa shape index (κ2) is 10.7. The van der Waals surface area contributed by atoms with E-state index < -0.39 is 11.9 Å². The molecule has 14 heteroatoms. The first kappa shape index (κ1) is 26.8. The topological polar surface area (TPSA) is 129 Å². The first-order chi connectivity index (χ1) is 19.2. The molecular weight excluding hydrogens is 566 g/mol. The summed E-state index contributed by atoms with van der Waals surface area (Å²) in [5, 5.41) is 20.7. The third-order valence-electron chi connectivity index (χ3n) is 5.63. The predicted octanol–water partition coefficient (Wildman–Crippen LogP) is 5.44. The number of nitrogens with zero attached hydrogens (tertiary/aromatic N) is 4. The van der Waals surface area contributed by atoms with Crippen LogP contribution in [0.5, 0.6) is 11.5 Å². The minimum atomic E-state index is -0.616. The number of esters is 2. The number of thiophene rings is 2. The summed E-state index contributed by atoms with van der Waals surface area (Å²) in [6, 6.07) is 11.3. The Morgan fingerprint density at radius 1 is 0.725 bits per heavy atom. The second-order valence-electron chi connectivity index (χ2n) is 8.08. The molecule has 4 aromatic heterocycles. The molecule has 0 radical (unpaired) electrons. The SMILES string of the molecule is COC(=O)c1sc(-n2cnc3cc(F)ccc32)cc1O.COC(=O)c1sc(-n2cnc3ccc(F)cc32)cc1O. The first-order valence-corrected chi connectivity index (χ1v) is 12.9. The molecule has 10 nitrogen and oxygen atoms in total. The molecule has 40 heavy (non-hydrogen) atoms. The summed E-state index contributed by atoms with van der Waals surface area (Å²) < 4.78 is 38.9. The maximum absolute atomic E-state index is 13.3. The molecule has 0 bridgehead atoms. The number of hydrogen-bond acceptors (Lipinski definition) is 10. The van der Waals surface area contributed by atoms with Gasteiger partial charge < -0.3 is 19.7 Å². The van der Waals surface area contributed by atoms with Gasteiger partial charge in [0, 0.05) is 24.3 Å². The predicted molar refractivity (Wildman–Crippen MR) is 144 cm³/mol. The standard InChI is InChI=1S/2C13H9FN2O3S/c1-19-13(18)12-10(17)5-11(20-12)16-6-15-8-4-7(14)2-3-9(8)16;1-19-13(18)12-10(17)5-11(20-12)16-6-15-8-3-2-7(14)4-9(8)16/h2*2-6,17H,1H3. The Labute approximate surface area is 231 Å². The highest BCUT2D eigenvalue weighted by Gasteiger charge is 2.19. The number of carbonyl (C=O) groups excluding carboxylic acids is 2. The fraction of sp³-hybridized carbons (Fsp3) is 0.0769. The lowest BCUT2D eigenvalue weighted by atomic mass is 10.3. The summed E-state index contributed by atoms with van der Waals surface area (Å²) in [6.07, 6.45) is 3.02. The Balaban J connectivity index is 0.000000161. The van der Waals surface area contributed by atoms with Crippen LogP contribution in [0, 0.1) is 11.6 Å². The molecule has 0 saturated carbocycles. The van der Waals surface area contributed by atoms with Crippen LogP contribution in [0.25, 0.3) is 32.1 Å². The summed E-state index contributed by atoms with van der Waals surface area (Å²) in [5.41, 5.74) is 2.36. The van der Waals surface area contributed by atoms with E-state index >= 15 is 0 Å². The van der Waals surface area contributed by atoms with Gasteiger partial charge in [-0.15, -0.1) is 22.7 Å². The van der Waals surface area contributed by atoms with Crippen LogP contribution in [0.3, 0.4) is 0 Å². The molecule has 0 atom stereocenters. The maximum atomic E-state index is 13.3. The van der Waals surface area contributed by atoms with E-state index in [0.29, 0.717) is 32.1 Å².